The van der Waals surface area contributed by atoms with Gasteiger partial charge in [-0.2, -0.15) is 0 Å². The molecule has 1 heterocycles. The predicted octanol–water partition coefficient (Wildman–Crippen LogP) is 5.02. The number of aliphatic hydroxyl groups is 1. The highest BCUT2D eigenvalue weighted by Gasteiger charge is 2.34. The molecule has 2 amide bonds. The van der Waals surface area contributed by atoms with Gasteiger partial charge in [-0.25, -0.2) is 0 Å². The molecule has 0 fully saturated rings. The lowest BCUT2D eigenvalue weighted by atomic mass is 9.82. The van der Waals surface area contributed by atoms with Crippen molar-refractivity contribution in [3.63, 3.8) is 0 Å². The van der Waals surface area contributed by atoms with Crippen LogP contribution in [0.5, 0.6) is 0 Å². The van der Waals surface area contributed by atoms with E-state index in [0.29, 0.717) is 18.5 Å². The maximum atomic E-state index is 13.2. The molecule has 0 radical (unpaired) electrons. The summed E-state index contributed by atoms with van der Waals surface area (Å²) in [5.74, 6) is -0.101. The van der Waals surface area contributed by atoms with E-state index in [9.17, 15) is 14.7 Å². The van der Waals surface area contributed by atoms with Crippen molar-refractivity contribution in [2.45, 2.75) is 39.2 Å². The van der Waals surface area contributed by atoms with Gasteiger partial charge in [-0.1, -0.05) is 42.0 Å². The van der Waals surface area contributed by atoms with E-state index in [4.69, 9.17) is 5.73 Å². The zero-order valence-corrected chi connectivity index (χ0v) is 19.8. The van der Waals surface area contributed by atoms with Gasteiger partial charge in [0.15, 0.2) is 0 Å². The number of rotatable bonds is 4. The minimum absolute atomic E-state index is 0.0301. The topological polar surface area (TPSA) is 83.6 Å². The summed E-state index contributed by atoms with van der Waals surface area (Å²) in [4.78, 5) is 27.4. The second kappa shape index (κ2) is 8.21. The summed E-state index contributed by atoms with van der Waals surface area (Å²) in [6, 6.07) is 17.8. The van der Waals surface area contributed by atoms with Gasteiger partial charge in [0.05, 0.1) is 6.54 Å². The van der Waals surface area contributed by atoms with Crippen molar-refractivity contribution in [2.24, 2.45) is 11.7 Å². The number of nitrogens with zero attached hydrogens (tertiary/aromatic N) is 1. The molecular weight excluding hydrogens is 436 g/mol. The van der Waals surface area contributed by atoms with Gasteiger partial charge in [0.2, 0.25) is 5.91 Å². The number of aliphatic hydroxyl groups excluding tert-OH is 1. The van der Waals surface area contributed by atoms with E-state index in [1.807, 2.05) is 53.4 Å². The van der Waals surface area contributed by atoms with Gasteiger partial charge in [-0.05, 0) is 95.7 Å². The first-order chi connectivity index (χ1) is 17.0. The van der Waals surface area contributed by atoms with Gasteiger partial charge in [0.25, 0.3) is 5.91 Å². The summed E-state index contributed by atoms with van der Waals surface area (Å²) in [6.45, 7) is 2.83. The Kier molecular flexibility index (Phi) is 5.11. The minimum atomic E-state index is -0.405. The molecule has 3 aliphatic rings. The molecule has 6 rings (SSSR count). The van der Waals surface area contributed by atoms with Crippen molar-refractivity contribution in [3.05, 3.63) is 93.6 Å². The molecule has 176 valence electrons. The summed E-state index contributed by atoms with van der Waals surface area (Å²) >= 11 is 0. The normalized spacial score (nSPS) is 18.5. The highest BCUT2D eigenvalue weighted by Crippen LogP contribution is 2.49. The van der Waals surface area contributed by atoms with Gasteiger partial charge in [-0.3, -0.25) is 9.59 Å². The molecule has 1 atom stereocenters. The first kappa shape index (κ1) is 21.8. The highest BCUT2D eigenvalue weighted by atomic mass is 16.3. The number of hydrogen-bond donors (Lipinski definition) is 2. The summed E-state index contributed by atoms with van der Waals surface area (Å²) in [6.07, 6.45) is 3.40. The molecule has 5 nitrogen and oxygen atoms in total. The molecule has 0 saturated heterocycles. The second-order valence-corrected chi connectivity index (χ2v) is 9.93. The van der Waals surface area contributed by atoms with Gasteiger partial charge in [-0.15, -0.1) is 0 Å². The molecule has 35 heavy (non-hydrogen) atoms. The van der Waals surface area contributed by atoms with Crippen LogP contribution >= 0.6 is 0 Å². The molecule has 3 aromatic rings. The van der Waals surface area contributed by atoms with Crippen molar-refractivity contribution in [2.75, 3.05) is 11.5 Å². The van der Waals surface area contributed by atoms with Crippen LogP contribution in [0, 0.1) is 12.8 Å². The molecule has 3 aromatic carbocycles. The average Bonchev–Trinajstić information content (AvgIpc) is 3.41. The van der Waals surface area contributed by atoms with Gasteiger partial charge in [0.1, 0.15) is 0 Å². The van der Waals surface area contributed by atoms with E-state index in [2.05, 4.69) is 13.0 Å². The number of primary amides is 1. The fourth-order valence-electron chi connectivity index (χ4n) is 6.24. The first-order valence-electron chi connectivity index (χ1n) is 12.3. The van der Waals surface area contributed by atoms with Crippen LogP contribution in [0.4, 0.5) is 5.69 Å². The lowest BCUT2D eigenvalue weighted by Crippen LogP contribution is -2.24. The van der Waals surface area contributed by atoms with Crippen molar-refractivity contribution >= 4 is 23.1 Å². The van der Waals surface area contributed by atoms with Crippen LogP contribution in [-0.4, -0.2) is 23.5 Å². The predicted molar refractivity (Wildman–Crippen MR) is 137 cm³/mol. The van der Waals surface area contributed by atoms with Gasteiger partial charge < -0.3 is 15.7 Å². The Bertz CT molecular complexity index is 1440. The molecule has 3 N–H and O–H groups in total. The maximum Gasteiger partial charge on any atom is 0.258 e. The number of amides is 2. The van der Waals surface area contributed by atoms with E-state index in [1.54, 1.807) is 0 Å². The van der Waals surface area contributed by atoms with Crippen molar-refractivity contribution in [1.29, 1.82) is 0 Å². The Morgan fingerprint density at radius 3 is 2.63 bits per heavy atom. The van der Waals surface area contributed by atoms with Crippen LogP contribution in [0.2, 0.25) is 0 Å². The second-order valence-electron chi connectivity index (χ2n) is 9.93. The quantitative estimate of drug-likeness (QED) is 0.568. The molecule has 0 aromatic heterocycles. The Morgan fingerprint density at radius 2 is 1.86 bits per heavy atom. The van der Waals surface area contributed by atoms with E-state index < -0.39 is 5.91 Å². The fraction of sp³-hybridized carbons (Fsp3) is 0.267. The summed E-state index contributed by atoms with van der Waals surface area (Å²) in [5, 5.41) is 9.73. The zero-order chi connectivity index (χ0) is 24.3. The standard InChI is InChI=1S/C30H28N2O3/c1-17-21(7-4-8-27(17)32-15-19-5-2-3-6-23(19)30(32)35)24-11-12-25(29(31)34)26-14-20-13-18(16-33)9-10-22(20)28(24)26/h2-8,11-12,18,33H,9-10,13-16H2,1H3,(H2,31,34). The van der Waals surface area contributed by atoms with Gasteiger partial charge in [0, 0.05) is 23.4 Å². The zero-order valence-electron chi connectivity index (χ0n) is 19.8. The lowest BCUT2D eigenvalue weighted by Gasteiger charge is -2.24. The number of anilines is 1. The molecule has 0 bridgehead atoms. The Labute approximate surface area is 204 Å². The number of benzene rings is 3. The van der Waals surface area contributed by atoms with Crippen LogP contribution in [0.1, 0.15) is 62.2 Å². The first-order valence-corrected chi connectivity index (χ1v) is 12.3. The average molecular weight is 465 g/mol. The molecule has 2 aliphatic carbocycles. The smallest absolute Gasteiger partial charge is 0.258 e. The molecule has 0 spiro atoms. The van der Waals surface area contributed by atoms with E-state index >= 15 is 0 Å². The van der Waals surface area contributed by atoms with Crippen molar-refractivity contribution in [3.8, 4) is 11.1 Å². The largest absolute Gasteiger partial charge is 0.396 e. The SMILES string of the molecule is Cc1c(-c2ccc(C(N)=O)c3c2C2=C(C3)CC(CO)CC2)cccc1N1Cc2ccccc2C1=O. The molecule has 0 saturated carbocycles. The number of fused-ring (bicyclic) bond motifs is 3. The van der Waals surface area contributed by atoms with Gasteiger partial charge >= 0.3 is 0 Å². The van der Waals surface area contributed by atoms with Crippen molar-refractivity contribution in [1.82, 2.24) is 0 Å². The number of carbonyl (C=O) groups excluding carboxylic acids is 2. The van der Waals surface area contributed by atoms with E-state index in [0.717, 1.165) is 63.9 Å². The molecular formula is C30H28N2O3. The third-order valence-electron chi connectivity index (χ3n) is 8.00. The third kappa shape index (κ3) is 3.34. The van der Waals surface area contributed by atoms with Crippen LogP contribution < -0.4 is 10.6 Å². The van der Waals surface area contributed by atoms with Crippen LogP contribution in [-0.2, 0) is 13.0 Å². The number of carbonyl (C=O) groups is 2. The third-order valence-corrected chi connectivity index (χ3v) is 8.00. The summed E-state index contributed by atoms with van der Waals surface area (Å²) in [7, 11) is 0. The van der Waals surface area contributed by atoms with Crippen LogP contribution in [0.25, 0.3) is 16.7 Å². The van der Waals surface area contributed by atoms with E-state index in [1.165, 1.54) is 11.1 Å². The lowest BCUT2D eigenvalue weighted by molar-refractivity contribution is 0.0989. The maximum absolute atomic E-state index is 13.2. The summed E-state index contributed by atoms with van der Waals surface area (Å²) in [5.41, 5.74) is 17.0. The number of allylic oxidation sites excluding steroid dienone is 2. The monoisotopic (exact) mass is 464 g/mol. The number of hydrogen-bond acceptors (Lipinski definition) is 3. The molecule has 1 unspecified atom stereocenters. The Morgan fingerprint density at radius 1 is 1.06 bits per heavy atom. The van der Waals surface area contributed by atoms with Crippen molar-refractivity contribution < 1.29 is 14.7 Å². The molecule has 5 heteroatoms. The summed E-state index contributed by atoms with van der Waals surface area (Å²) < 4.78 is 0. The number of nitrogens with two attached hydrogens (primary N) is 1. The van der Waals surface area contributed by atoms with E-state index in [-0.39, 0.29) is 18.4 Å². The Hall–Kier alpha value is -3.70. The highest BCUT2D eigenvalue weighted by molar-refractivity contribution is 6.11. The Balaban J connectivity index is 1.48. The van der Waals surface area contributed by atoms with Crippen LogP contribution in [0.15, 0.2) is 60.2 Å². The minimum Gasteiger partial charge on any atom is -0.396 e. The van der Waals surface area contributed by atoms with Crippen LogP contribution in [0.3, 0.4) is 0 Å². The molecule has 1 aliphatic heterocycles. The fourth-order valence-corrected chi connectivity index (χ4v) is 6.24.